The van der Waals surface area contributed by atoms with Gasteiger partial charge in [0.2, 0.25) is 0 Å². The minimum Gasteiger partial charge on any atom is -0.568 e. The van der Waals surface area contributed by atoms with Crippen molar-refractivity contribution in [2.75, 3.05) is 6.52 Å². The Balaban J connectivity index is 2.30. The summed E-state index contributed by atoms with van der Waals surface area (Å²) in [6, 6.07) is 10.3. The van der Waals surface area contributed by atoms with Gasteiger partial charge in [0.1, 0.15) is 6.04 Å². The number of rotatable bonds is 1. The predicted octanol–water partition coefficient (Wildman–Crippen LogP) is 2.44. The van der Waals surface area contributed by atoms with Crippen LogP contribution in [0.15, 0.2) is 30.3 Å². The zero-order valence-electron chi connectivity index (χ0n) is 10.1. The second-order valence-electron chi connectivity index (χ2n) is 5.01. The van der Waals surface area contributed by atoms with Crippen LogP contribution in [0.2, 0.25) is 0 Å². The highest BCUT2D eigenvalue weighted by molar-refractivity contribution is 5.99. The van der Waals surface area contributed by atoms with Gasteiger partial charge in [0.15, 0.2) is 0 Å². The highest BCUT2D eigenvalue weighted by atomic mass is 15.5. The van der Waals surface area contributed by atoms with Crippen LogP contribution in [-0.4, -0.2) is 24.4 Å². The van der Waals surface area contributed by atoms with Crippen molar-refractivity contribution in [2.45, 2.75) is 32.4 Å². The van der Waals surface area contributed by atoms with Crippen molar-refractivity contribution in [3.63, 3.8) is 0 Å². The first kappa shape index (κ1) is 8.54. The molecular formula is C12H17BN. The van der Waals surface area contributed by atoms with Gasteiger partial charge in [-0.1, -0.05) is 30.3 Å². The van der Waals surface area contributed by atoms with Crippen LogP contribution in [0.4, 0.5) is 0 Å². The Bertz CT molecular complexity index is 360. The maximum Gasteiger partial charge on any atom is 0.114 e. The summed E-state index contributed by atoms with van der Waals surface area (Å²) in [5, 5.41) is 0. The second-order valence-corrected chi connectivity index (χ2v) is 5.01. The molecule has 1 nitrogen and oxygen atoms in total. The van der Waals surface area contributed by atoms with E-state index in [-0.39, 0.29) is 18.1 Å². The van der Waals surface area contributed by atoms with E-state index in [9.17, 15) is 0 Å². The van der Waals surface area contributed by atoms with Gasteiger partial charge in [-0.25, -0.2) is 7.98 Å². The molecule has 0 saturated carbocycles. The first-order valence-electron chi connectivity index (χ1n) is 5.61. The van der Waals surface area contributed by atoms with Crippen LogP contribution in [0.25, 0.3) is 0 Å². The SMILES string of the molecule is [2H]C1[C@H](c2ccccc2)[N@@+]1([B-])C(C)(C)C. The molecule has 14 heavy (non-hydrogen) atoms. The number of benzene rings is 1. The lowest BCUT2D eigenvalue weighted by Crippen LogP contribution is -2.42. The van der Waals surface area contributed by atoms with Crippen LogP contribution in [0.3, 0.4) is 0 Å². The summed E-state index contributed by atoms with van der Waals surface area (Å²) in [4.78, 5) is 0. The Morgan fingerprint density at radius 3 is 2.36 bits per heavy atom. The molecule has 3 radical (unpaired) electrons. The Labute approximate surface area is 89.2 Å². The number of quaternary nitrogens is 1. The molecule has 1 aliphatic heterocycles. The summed E-state index contributed by atoms with van der Waals surface area (Å²) in [5.41, 5.74) is 1.10. The Morgan fingerprint density at radius 2 is 1.93 bits per heavy atom. The third-order valence-corrected chi connectivity index (χ3v) is 3.06. The van der Waals surface area contributed by atoms with E-state index >= 15 is 0 Å². The van der Waals surface area contributed by atoms with Gasteiger partial charge >= 0.3 is 0 Å². The molecule has 1 heterocycles. The summed E-state index contributed by atoms with van der Waals surface area (Å²) in [7, 11) is 6.29. The normalized spacial score (nSPS) is 37.9. The van der Waals surface area contributed by atoms with E-state index < -0.39 is 0 Å². The lowest BCUT2D eigenvalue weighted by atomic mass is 10.00. The van der Waals surface area contributed by atoms with E-state index in [0.717, 1.165) is 0 Å². The van der Waals surface area contributed by atoms with Crippen molar-refractivity contribution in [3.8, 4) is 0 Å². The molecule has 0 spiro atoms. The smallest absolute Gasteiger partial charge is 0.114 e. The van der Waals surface area contributed by atoms with E-state index in [1.165, 1.54) is 5.56 Å². The van der Waals surface area contributed by atoms with Gasteiger partial charge in [-0.2, -0.15) is 0 Å². The van der Waals surface area contributed by atoms with E-state index in [2.05, 4.69) is 32.9 Å². The monoisotopic (exact) mass is 187 g/mol. The van der Waals surface area contributed by atoms with E-state index in [0.29, 0.717) is 4.39 Å². The Morgan fingerprint density at radius 1 is 1.36 bits per heavy atom. The summed E-state index contributed by atoms with van der Waals surface area (Å²) < 4.78 is 8.38. The lowest BCUT2D eigenvalue weighted by Gasteiger charge is -2.44. The van der Waals surface area contributed by atoms with E-state index in [1.807, 2.05) is 18.2 Å². The van der Waals surface area contributed by atoms with Gasteiger partial charge in [-0.15, -0.1) is 0 Å². The van der Waals surface area contributed by atoms with Gasteiger partial charge in [-0.05, 0) is 20.8 Å². The maximum atomic E-state index is 8.05. The summed E-state index contributed by atoms with van der Waals surface area (Å²) >= 11 is 0. The molecule has 73 valence electrons. The minimum absolute atomic E-state index is 0.0765. The summed E-state index contributed by atoms with van der Waals surface area (Å²) in [6.07, 6.45) is 0. The topological polar surface area (TPSA) is 0 Å². The molecule has 1 saturated heterocycles. The fourth-order valence-corrected chi connectivity index (χ4v) is 1.82. The van der Waals surface area contributed by atoms with Crippen molar-refractivity contribution in [1.82, 2.24) is 0 Å². The minimum atomic E-state index is -0.229. The van der Waals surface area contributed by atoms with Crippen LogP contribution in [0, 0.1) is 0 Å². The molecule has 1 fully saturated rings. The third-order valence-electron chi connectivity index (χ3n) is 3.06. The average Bonchev–Trinajstić information content (AvgIpc) is 2.72. The number of nitrogens with zero attached hydrogens (tertiary/aromatic N) is 1. The molecule has 1 aromatic carbocycles. The molecular weight excluding hydrogens is 169 g/mol. The highest BCUT2D eigenvalue weighted by Crippen LogP contribution is 2.48. The molecule has 3 atom stereocenters. The van der Waals surface area contributed by atoms with Crippen LogP contribution in [0.1, 0.15) is 33.7 Å². The molecule has 1 aromatic rings. The molecule has 0 N–H and O–H groups in total. The molecule has 1 unspecified atom stereocenters. The third kappa shape index (κ3) is 1.38. The Hall–Kier alpha value is -0.755. The first-order valence-corrected chi connectivity index (χ1v) is 5.03. The average molecular weight is 187 g/mol. The van der Waals surface area contributed by atoms with Crippen molar-refractivity contribution in [2.24, 2.45) is 0 Å². The molecule has 0 bridgehead atoms. The maximum absolute atomic E-state index is 8.05. The van der Waals surface area contributed by atoms with E-state index in [1.54, 1.807) is 0 Å². The number of hydrogen-bond donors (Lipinski definition) is 0. The predicted molar refractivity (Wildman–Crippen MR) is 59.8 cm³/mol. The first-order chi connectivity index (χ1) is 6.89. The molecule has 0 aliphatic carbocycles. The standard InChI is InChI=1S/C12H17BN/c1-12(2,3)14(13)9-11(14)10-7-5-4-6-8-10/h4-8,11H,9H2,1-3H3/t11-,14-/m1/s1/i9D/t9?,11-,14-. The molecule has 0 aromatic heterocycles. The zero-order chi connectivity index (χ0) is 11.3. The van der Waals surface area contributed by atoms with Crippen LogP contribution >= 0.6 is 0 Å². The quantitative estimate of drug-likeness (QED) is 0.468. The van der Waals surface area contributed by atoms with Crippen molar-refractivity contribution < 1.29 is 5.76 Å². The van der Waals surface area contributed by atoms with Crippen molar-refractivity contribution in [1.29, 1.82) is 0 Å². The fraction of sp³-hybridized carbons (Fsp3) is 0.500. The lowest BCUT2D eigenvalue weighted by molar-refractivity contribution is -0.751. The summed E-state index contributed by atoms with van der Waals surface area (Å²) in [5.74, 6) is 0. The fourth-order valence-electron chi connectivity index (χ4n) is 1.82. The van der Waals surface area contributed by atoms with Gasteiger partial charge in [0, 0.05) is 11.1 Å². The largest absolute Gasteiger partial charge is 0.568 e. The van der Waals surface area contributed by atoms with Gasteiger partial charge < -0.3 is 4.39 Å². The summed E-state index contributed by atoms with van der Waals surface area (Å²) in [6.45, 7) is 6.05. The van der Waals surface area contributed by atoms with Gasteiger partial charge in [-0.3, -0.25) is 0 Å². The van der Waals surface area contributed by atoms with E-state index in [4.69, 9.17) is 9.35 Å². The van der Waals surface area contributed by atoms with Gasteiger partial charge in [0.05, 0.1) is 7.89 Å². The number of hydrogen-bond acceptors (Lipinski definition) is 0. The van der Waals surface area contributed by atoms with Crippen LogP contribution in [-0.2, 0) is 0 Å². The van der Waals surface area contributed by atoms with Crippen LogP contribution < -0.4 is 0 Å². The molecule has 2 rings (SSSR count). The molecule has 0 amide bonds. The van der Waals surface area contributed by atoms with Gasteiger partial charge in [0.25, 0.3) is 0 Å². The van der Waals surface area contributed by atoms with Crippen LogP contribution in [0.5, 0.6) is 0 Å². The molecule has 1 aliphatic rings. The van der Waals surface area contributed by atoms with Crippen molar-refractivity contribution in [3.05, 3.63) is 35.9 Å². The zero-order valence-corrected chi connectivity index (χ0v) is 9.07. The highest BCUT2D eigenvalue weighted by Gasteiger charge is 2.48. The molecule has 2 heteroatoms. The Kier molecular flexibility index (Phi) is 1.75. The van der Waals surface area contributed by atoms with Crippen molar-refractivity contribution >= 4 is 7.98 Å². The second kappa shape index (κ2) is 2.87.